The van der Waals surface area contributed by atoms with Gasteiger partial charge in [-0.25, -0.2) is 12.6 Å². The molecule has 0 radical (unpaired) electrons. The molecule has 0 aliphatic carbocycles. The third kappa shape index (κ3) is 11.9. The van der Waals surface area contributed by atoms with Crippen molar-refractivity contribution in [1.82, 2.24) is 0 Å². The number of benzene rings is 3. The molecule has 0 aliphatic rings. The average molecular weight is 620 g/mol. The molecule has 0 aromatic heterocycles. The van der Waals surface area contributed by atoms with Gasteiger partial charge in [0.2, 0.25) is 5.91 Å². The van der Waals surface area contributed by atoms with E-state index in [0.29, 0.717) is 5.69 Å². The molecular weight excluding hydrogens is 600 g/mol. The van der Waals surface area contributed by atoms with E-state index in [4.69, 9.17) is 4.55 Å². The molecule has 200 valence electrons. The summed E-state index contributed by atoms with van der Waals surface area (Å²) in [6, 6.07) is 10.5. The zero-order valence-electron chi connectivity index (χ0n) is 21.0. The molecule has 0 saturated carbocycles. The third-order valence-corrected chi connectivity index (χ3v) is 6.24. The number of carbonyl (C=O) groups is 1. The van der Waals surface area contributed by atoms with Gasteiger partial charge in [0.05, 0.1) is 17.2 Å². The number of hydrogen-bond acceptors (Lipinski definition) is 13. The Hall–Kier alpha value is -1.48. The Morgan fingerprint density at radius 3 is 2.05 bits per heavy atom. The number of phenolic OH excluding ortho intramolecular Hbond substituents is 1. The molecule has 3 N–H and O–H groups in total. The van der Waals surface area contributed by atoms with Crippen LogP contribution in [0.4, 0.5) is 17.1 Å². The van der Waals surface area contributed by atoms with Crippen LogP contribution in [-0.4, -0.2) is 43.6 Å². The molecule has 0 atom stereocenters. The van der Waals surface area contributed by atoms with Crippen LogP contribution < -0.4 is 64.4 Å². The van der Waals surface area contributed by atoms with Crippen LogP contribution in [0.5, 0.6) is 5.75 Å². The van der Waals surface area contributed by atoms with Crippen molar-refractivity contribution < 1.29 is 108 Å². The number of hydrogen-bond donors (Lipinski definition) is 3. The second kappa shape index (κ2) is 16.1. The first-order valence-corrected chi connectivity index (χ1v) is 13.7. The Kier molecular flexibility index (Phi) is 15.5. The molecule has 1 amide bonds. The molecule has 0 spiro atoms. The summed E-state index contributed by atoms with van der Waals surface area (Å²) in [4.78, 5) is 10.5. The summed E-state index contributed by atoms with van der Waals surface area (Å²) in [5.74, 6) is -0.967. The van der Waals surface area contributed by atoms with Crippen molar-refractivity contribution in [2.45, 2.75) is 23.6 Å². The zero-order valence-corrected chi connectivity index (χ0v) is 27.5. The van der Waals surface area contributed by atoms with Crippen molar-refractivity contribution in [3.8, 4) is 5.75 Å². The summed E-state index contributed by atoms with van der Waals surface area (Å²) in [6.07, 6.45) is 0. The minimum absolute atomic E-state index is 0. The normalized spacial score (nSPS) is 11.3. The number of azo groups is 1. The Morgan fingerprint density at radius 2 is 1.62 bits per heavy atom. The van der Waals surface area contributed by atoms with E-state index in [1.54, 1.807) is 0 Å². The SMILES string of the molecule is CC(=O)Nc1ccc2cc(S(=O)(=O)[O-])c(N=Nc3ccc([S-](=O)=O)cc3)c(O)c2c1.CCOS(=O)(=O)O.[Na+].[Na+]. The van der Waals surface area contributed by atoms with E-state index < -0.39 is 47.6 Å². The number of aromatic hydroxyl groups is 1. The van der Waals surface area contributed by atoms with Crippen LogP contribution >= 0.6 is 0 Å². The molecule has 3 aromatic carbocycles. The van der Waals surface area contributed by atoms with Crippen LogP contribution in [-0.2, 0) is 48.6 Å². The van der Waals surface area contributed by atoms with Gasteiger partial charge in [0, 0.05) is 18.0 Å². The number of phenols is 1. The fourth-order valence-electron chi connectivity index (χ4n) is 2.79. The van der Waals surface area contributed by atoms with Gasteiger partial charge in [-0.15, -0.1) is 5.11 Å². The Bertz CT molecular complexity index is 1630. The van der Waals surface area contributed by atoms with Gasteiger partial charge in [0.15, 0.2) is 5.75 Å². The molecule has 14 nitrogen and oxygen atoms in total. The Labute approximate surface area is 270 Å². The fraction of sp³-hybridized carbons (Fsp3) is 0.150. The van der Waals surface area contributed by atoms with Crippen molar-refractivity contribution in [2.24, 2.45) is 10.2 Å². The molecule has 19 heteroatoms. The van der Waals surface area contributed by atoms with Crippen LogP contribution in [0.15, 0.2) is 68.6 Å². The van der Waals surface area contributed by atoms with E-state index in [2.05, 4.69) is 19.7 Å². The van der Waals surface area contributed by atoms with Crippen LogP contribution in [0.25, 0.3) is 10.8 Å². The minimum atomic E-state index is -5.01. The van der Waals surface area contributed by atoms with Gasteiger partial charge in [-0.05, 0) is 53.3 Å². The van der Waals surface area contributed by atoms with E-state index in [1.807, 2.05) is 0 Å². The van der Waals surface area contributed by atoms with Gasteiger partial charge in [0.25, 0.3) is 0 Å². The summed E-state index contributed by atoms with van der Waals surface area (Å²) < 4.78 is 87.5. The van der Waals surface area contributed by atoms with Crippen molar-refractivity contribution in [1.29, 1.82) is 0 Å². The summed E-state index contributed by atoms with van der Waals surface area (Å²) >= 11 is 0. The minimum Gasteiger partial charge on any atom is -0.744 e. The van der Waals surface area contributed by atoms with Crippen molar-refractivity contribution in [3.63, 3.8) is 0 Å². The van der Waals surface area contributed by atoms with Crippen molar-refractivity contribution in [2.75, 3.05) is 11.9 Å². The Balaban J connectivity index is 0.00000142. The van der Waals surface area contributed by atoms with Crippen molar-refractivity contribution >= 4 is 65.0 Å². The molecular formula is C20H19N3Na2O11S3. The summed E-state index contributed by atoms with van der Waals surface area (Å²) in [7, 11) is -11.6. The quantitative estimate of drug-likeness (QED) is 0.107. The Morgan fingerprint density at radius 1 is 1.03 bits per heavy atom. The van der Waals surface area contributed by atoms with Gasteiger partial charge in [0.1, 0.15) is 15.8 Å². The number of nitrogens with one attached hydrogen (secondary N) is 1. The number of anilines is 1. The van der Waals surface area contributed by atoms with Gasteiger partial charge in [-0.3, -0.25) is 9.35 Å². The van der Waals surface area contributed by atoms with Gasteiger partial charge >= 0.3 is 69.5 Å². The number of amides is 1. The van der Waals surface area contributed by atoms with E-state index in [-0.39, 0.29) is 93.0 Å². The molecule has 0 aliphatic heterocycles. The molecule has 0 bridgehead atoms. The van der Waals surface area contributed by atoms with E-state index in [0.717, 1.165) is 6.07 Å². The summed E-state index contributed by atoms with van der Waals surface area (Å²) in [5, 5.41) is 21.0. The molecule has 0 saturated heterocycles. The standard InChI is InChI=1S/C18H14N3O7S2.C2H6O4S.2Na/c1-10(22)19-13-3-2-11-8-16(30(26,27)28)17(18(23)15(11)9-13)21-20-12-4-6-14(7-5-12)29(24)25;1-2-6-7(3,4)5;;/h2-9,23H,1H3,(H,19,22)(H,26,27,28);2H2,1H3,(H,3,4,5);;/q-1;;2*+1/p-1. The first-order chi connectivity index (χ1) is 17.1. The molecule has 3 aromatic rings. The van der Waals surface area contributed by atoms with Gasteiger partial charge in [-0.1, -0.05) is 23.1 Å². The topological polar surface area (TPSA) is 229 Å². The predicted octanol–water partition coefficient (Wildman–Crippen LogP) is -2.67. The van der Waals surface area contributed by atoms with E-state index >= 15 is 0 Å². The van der Waals surface area contributed by atoms with E-state index in [9.17, 15) is 39.7 Å². The second-order valence-corrected chi connectivity index (χ2v) is 10.3. The van der Waals surface area contributed by atoms with E-state index in [1.165, 1.54) is 56.3 Å². The molecule has 0 heterocycles. The van der Waals surface area contributed by atoms with Crippen LogP contribution in [0.1, 0.15) is 13.8 Å². The average Bonchev–Trinajstić information content (AvgIpc) is 2.77. The maximum absolute atomic E-state index is 11.7. The van der Waals surface area contributed by atoms with Crippen LogP contribution in [0, 0.1) is 0 Å². The second-order valence-electron chi connectivity index (χ2n) is 6.91. The third-order valence-electron chi connectivity index (χ3n) is 4.20. The predicted molar refractivity (Wildman–Crippen MR) is 129 cm³/mol. The summed E-state index contributed by atoms with van der Waals surface area (Å²) in [5.41, 5.74) is -0.0778. The number of carbonyl (C=O) groups excluding carboxylic acids is 1. The van der Waals surface area contributed by atoms with Gasteiger partial charge < -0.3 is 23.4 Å². The fourth-order valence-corrected chi connectivity index (χ4v) is 4.09. The number of rotatable bonds is 7. The maximum atomic E-state index is 11.7. The monoisotopic (exact) mass is 619 g/mol. The summed E-state index contributed by atoms with van der Waals surface area (Å²) in [6.45, 7) is 2.73. The number of fused-ring (bicyclic) bond motifs is 1. The molecule has 39 heavy (non-hydrogen) atoms. The van der Waals surface area contributed by atoms with Crippen LogP contribution in [0.3, 0.4) is 0 Å². The maximum Gasteiger partial charge on any atom is 1.00 e. The molecule has 3 rings (SSSR count). The van der Waals surface area contributed by atoms with Crippen molar-refractivity contribution in [3.05, 3.63) is 48.5 Å². The molecule has 0 fully saturated rings. The van der Waals surface area contributed by atoms with Gasteiger partial charge in [-0.2, -0.15) is 13.5 Å². The largest absolute Gasteiger partial charge is 1.00 e. The number of nitrogens with zero attached hydrogens (tertiary/aromatic N) is 2. The first kappa shape index (κ1) is 37.5. The smallest absolute Gasteiger partial charge is 0.744 e. The van der Waals surface area contributed by atoms with Crippen LogP contribution in [0.2, 0.25) is 0 Å². The molecule has 0 unspecified atom stereocenters. The first-order valence-electron chi connectivity index (χ1n) is 9.88. The zero-order chi connectivity index (χ0) is 28.0.